The lowest BCUT2D eigenvalue weighted by Gasteiger charge is -2.38. The Bertz CT molecular complexity index is 2090. The van der Waals surface area contributed by atoms with Crippen LogP contribution in [0.1, 0.15) is 23.1 Å². The summed E-state index contributed by atoms with van der Waals surface area (Å²) in [6, 6.07) is 35.2. The summed E-state index contributed by atoms with van der Waals surface area (Å²) in [5, 5.41) is 1.25. The lowest BCUT2D eigenvalue weighted by Crippen LogP contribution is -2.42. The van der Waals surface area contributed by atoms with Crippen LogP contribution in [0.4, 0.5) is 22.7 Å². The van der Waals surface area contributed by atoms with Crippen molar-refractivity contribution in [2.45, 2.75) is 16.9 Å². The van der Waals surface area contributed by atoms with E-state index in [-0.39, 0.29) is 6.61 Å². The molecule has 0 aromatic heterocycles. The number of nitrogens with one attached hydrogen (secondary N) is 1. The van der Waals surface area contributed by atoms with E-state index in [4.69, 9.17) is 32.7 Å². The molecule has 0 amide bonds. The van der Waals surface area contributed by atoms with Crippen molar-refractivity contribution in [1.82, 2.24) is 4.72 Å². The zero-order chi connectivity index (χ0) is 33.4. The zero-order valence-corrected chi connectivity index (χ0v) is 28.3. The highest BCUT2D eigenvalue weighted by molar-refractivity contribution is 7.83. The highest BCUT2D eigenvalue weighted by Gasteiger charge is 2.51. The Kier molecular flexibility index (Phi) is 8.74. The number of nitrogens with zero attached hydrogens (tertiary/aromatic N) is 2. The molecule has 242 valence electrons. The maximum absolute atomic E-state index is 13.6. The molecule has 2 aliphatic rings. The Morgan fingerprint density at radius 2 is 1.44 bits per heavy atom. The lowest BCUT2D eigenvalue weighted by atomic mass is 9.75. The first-order valence-electron chi connectivity index (χ1n) is 15.4. The normalized spacial score (nSPS) is 17.1. The van der Waals surface area contributed by atoms with E-state index in [9.17, 15) is 9.00 Å². The molecule has 0 radical (unpaired) electrons. The monoisotopic (exact) mass is 695 g/mol. The summed E-state index contributed by atoms with van der Waals surface area (Å²) in [6.07, 6.45) is 1.72. The van der Waals surface area contributed by atoms with Crippen LogP contribution in [0.25, 0.3) is 0 Å². The number of fused-ring (bicyclic) bond motifs is 6. The summed E-state index contributed by atoms with van der Waals surface area (Å²) in [7, 11) is 0.521. The molecular formula is C38H31Cl2N3O4S. The molecule has 7 rings (SSSR count). The van der Waals surface area contributed by atoms with Crippen molar-refractivity contribution in [2.24, 2.45) is 0 Å². The standard InChI is InChI=1S/C38H31Cl2N3O4S/c1-3-37(44)46-20-8-19-43(29-12-7-10-26(40)22-29)30-16-18-32-35(24-30)47-34-23-28(42(2)27-11-6-9-25(39)21-27)15-17-31(34)38(32)33-13-4-5-14-36(33)48(45)41-38/h3-7,9-18,21-24,41H,1,8,19-20H2,2H3. The summed E-state index contributed by atoms with van der Waals surface area (Å²) in [5.41, 5.74) is 5.25. The number of benzene rings is 5. The molecule has 5 aromatic carbocycles. The second-order valence-corrected chi connectivity index (χ2v) is 13.5. The number of carbonyl (C=O) groups excluding carboxylic acids is 1. The van der Waals surface area contributed by atoms with Gasteiger partial charge >= 0.3 is 5.97 Å². The third-order valence-electron chi connectivity index (χ3n) is 8.65. The van der Waals surface area contributed by atoms with Crippen molar-refractivity contribution in [2.75, 3.05) is 30.0 Å². The van der Waals surface area contributed by atoms with Crippen molar-refractivity contribution in [3.8, 4) is 11.5 Å². The summed E-state index contributed by atoms with van der Waals surface area (Å²) >= 11 is 12.7. The molecule has 5 aromatic rings. The van der Waals surface area contributed by atoms with Crippen LogP contribution in [-0.4, -0.2) is 30.4 Å². The number of ether oxygens (including phenoxy) is 2. The van der Waals surface area contributed by atoms with Crippen LogP contribution >= 0.6 is 23.2 Å². The minimum absolute atomic E-state index is 0.231. The number of hydrogen-bond acceptors (Lipinski definition) is 6. The molecule has 2 aliphatic heterocycles. The summed E-state index contributed by atoms with van der Waals surface area (Å²) in [5.74, 6) is 0.796. The van der Waals surface area contributed by atoms with Crippen LogP contribution in [0.2, 0.25) is 10.0 Å². The number of esters is 1. The molecule has 0 saturated carbocycles. The first-order chi connectivity index (χ1) is 23.3. The molecule has 2 heterocycles. The van der Waals surface area contributed by atoms with Gasteiger partial charge in [0, 0.05) is 75.7 Å². The topological polar surface area (TPSA) is 71.1 Å². The molecule has 2 atom stereocenters. The SMILES string of the molecule is C=CC(=O)OCCCN(c1cccc(Cl)c1)c1ccc2c(c1)Oc1cc(N(C)c3cccc(Cl)c3)ccc1C21NS(=O)c2ccccc21. The highest BCUT2D eigenvalue weighted by Crippen LogP contribution is 2.55. The molecule has 10 heteroatoms. The van der Waals surface area contributed by atoms with E-state index >= 15 is 0 Å². The predicted molar refractivity (Wildman–Crippen MR) is 193 cm³/mol. The van der Waals surface area contributed by atoms with Gasteiger partial charge in [-0.25, -0.2) is 13.7 Å². The number of hydrogen-bond donors (Lipinski definition) is 1. The van der Waals surface area contributed by atoms with E-state index in [0.717, 1.165) is 50.4 Å². The first-order valence-corrected chi connectivity index (χ1v) is 17.3. The molecule has 0 aliphatic carbocycles. The fourth-order valence-corrected chi connectivity index (χ4v) is 8.09. The third kappa shape index (κ3) is 5.75. The molecule has 1 spiro atoms. The Labute approximate surface area is 291 Å². The van der Waals surface area contributed by atoms with Gasteiger partial charge in [-0.3, -0.25) is 0 Å². The van der Waals surface area contributed by atoms with Crippen LogP contribution < -0.4 is 19.3 Å². The smallest absolute Gasteiger partial charge is 0.330 e. The maximum Gasteiger partial charge on any atom is 0.330 e. The van der Waals surface area contributed by atoms with Gasteiger partial charge in [0.25, 0.3) is 0 Å². The van der Waals surface area contributed by atoms with Crippen LogP contribution in [0, 0.1) is 0 Å². The highest BCUT2D eigenvalue weighted by atomic mass is 35.5. The van der Waals surface area contributed by atoms with Crippen LogP contribution in [-0.2, 0) is 26.1 Å². The summed E-state index contributed by atoms with van der Waals surface area (Å²) < 4.78 is 29.1. The van der Waals surface area contributed by atoms with Crippen LogP contribution in [0.5, 0.6) is 11.5 Å². The second kappa shape index (κ2) is 13.1. The minimum atomic E-state index is -1.46. The van der Waals surface area contributed by atoms with Crippen molar-refractivity contribution >= 4 is 62.9 Å². The van der Waals surface area contributed by atoms with Crippen LogP contribution in [0.15, 0.2) is 127 Å². The average Bonchev–Trinajstić information content (AvgIpc) is 3.39. The minimum Gasteiger partial charge on any atom is -0.462 e. The predicted octanol–water partition coefficient (Wildman–Crippen LogP) is 9.04. The Hall–Kier alpha value is -4.60. The number of halogens is 2. The average molecular weight is 697 g/mol. The van der Waals surface area contributed by atoms with Crippen LogP contribution in [0.3, 0.4) is 0 Å². The zero-order valence-electron chi connectivity index (χ0n) is 26.0. The Balaban J connectivity index is 1.34. The van der Waals surface area contributed by atoms with Gasteiger partial charge in [0.2, 0.25) is 0 Å². The Morgan fingerprint density at radius 3 is 2.15 bits per heavy atom. The lowest BCUT2D eigenvalue weighted by molar-refractivity contribution is -0.137. The van der Waals surface area contributed by atoms with E-state index < -0.39 is 22.5 Å². The van der Waals surface area contributed by atoms with Crippen molar-refractivity contribution < 1.29 is 18.5 Å². The van der Waals surface area contributed by atoms with E-state index in [1.807, 2.05) is 121 Å². The van der Waals surface area contributed by atoms with Crippen molar-refractivity contribution in [3.63, 3.8) is 0 Å². The van der Waals surface area contributed by atoms with E-state index in [0.29, 0.717) is 34.5 Å². The van der Waals surface area contributed by atoms with Gasteiger partial charge in [0.15, 0.2) is 0 Å². The fraction of sp³-hybridized carbons (Fsp3) is 0.132. The second-order valence-electron chi connectivity index (χ2n) is 11.5. The van der Waals surface area contributed by atoms with Gasteiger partial charge in [-0.05, 0) is 66.6 Å². The Morgan fingerprint density at radius 1 is 0.833 bits per heavy atom. The van der Waals surface area contributed by atoms with Gasteiger partial charge < -0.3 is 19.3 Å². The van der Waals surface area contributed by atoms with Gasteiger partial charge in [0.1, 0.15) is 28.0 Å². The molecule has 48 heavy (non-hydrogen) atoms. The molecule has 0 saturated heterocycles. The summed E-state index contributed by atoms with van der Waals surface area (Å²) in [6.45, 7) is 4.24. The van der Waals surface area contributed by atoms with E-state index in [1.165, 1.54) is 0 Å². The van der Waals surface area contributed by atoms with Gasteiger partial charge in [-0.15, -0.1) is 0 Å². The number of rotatable bonds is 9. The third-order valence-corrected chi connectivity index (χ3v) is 10.4. The quantitative estimate of drug-likeness (QED) is 0.0943. The molecule has 7 nitrogen and oxygen atoms in total. The van der Waals surface area contributed by atoms with Crippen molar-refractivity contribution in [1.29, 1.82) is 0 Å². The molecular weight excluding hydrogens is 665 g/mol. The first kappa shape index (κ1) is 32.0. The van der Waals surface area contributed by atoms with Gasteiger partial charge in [-0.2, -0.15) is 0 Å². The molecule has 0 bridgehead atoms. The van der Waals surface area contributed by atoms with E-state index in [1.54, 1.807) is 0 Å². The van der Waals surface area contributed by atoms with Gasteiger partial charge in [-0.1, -0.05) is 72.2 Å². The molecule has 2 unspecified atom stereocenters. The number of anilines is 4. The largest absolute Gasteiger partial charge is 0.462 e. The van der Waals surface area contributed by atoms with Crippen molar-refractivity contribution in [3.05, 3.63) is 149 Å². The van der Waals surface area contributed by atoms with Gasteiger partial charge in [0.05, 0.1) is 11.5 Å². The number of carbonyl (C=O) groups is 1. The fourth-order valence-electron chi connectivity index (χ4n) is 6.38. The maximum atomic E-state index is 13.6. The summed E-state index contributed by atoms with van der Waals surface area (Å²) in [4.78, 5) is 16.6. The van der Waals surface area contributed by atoms with E-state index in [2.05, 4.69) is 16.2 Å². The molecule has 0 fully saturated rings. The molecule has 1 N–H and O–H groups in total.